The van der Waals surface area contributed by atoms with Crippen LogP contribution in [0.3, 0.4) is 0 Å². The summed E-state index contributed by atoms with van der Waals surface area (Å²) in [4.78, 5) is 33.4. The van der Waals surface area contributed by atoms with Gasteiger partial charge in [0.1, 0.15) is 11.8 Å². The van der Waals surface area contributed by atoms with E-state index in [1.807, 2.05) is 49.6 Å². The molecular weight excluding hydrogens is 536 g/mol. The molecule has 178 valence electrons. The molecule has 0 spiro atoms. The largest absolute Gasteiger partial charge is 0.496 e. The van der Waals surface area contributed by atoms with Gasteiger partial charge in [-0.05, 0) is 61.6 Å². The fraction of sp³-hybridized carbons (Fsp3) is 0.320. The summed E-state index contributed by atoms with van der Waals surface area (Å²) in [6.45, 7) is 6.05. The lowest BCUT2D eigenvalue weighted by atomic mass is 9.93. The molecule has 0 bridgehead atoms. The number of esters is 1. The van der Waals surface area contributed by atoms with E-state index in [2.05, 4.69) is 15.9 Å². The van der Waals surface area contributed by atoms with E-state index in [0.29, 0.717) is 38.3 Å². The van der Waals surface area contributed by atoms with E-state index < -0.39 is 12.0 Å². The predicted octanol–water partition coefficient (Wildman–Crippen LogP) is 4.72. The van der Waals surface area contributed by atoms with Gasteiger partial charge in [-0.15, -0.1) is 11.3 Å². The van der Waals surface area contributed by atoms with Crippen molar-refractivity contribution in [1.82, 2.24) is 4.57 Å². The molecule has 34 heavy (non-hydrogen) atoms. The van der Waals surface area contributed by atoms with Gasteiger partial charge >= 0.3 is 5.97 Å². The second kappa shape index (κ2) is 10.4. The molecular formula is C25H25BrN2O4S2. The van der Waals surface area contributed by atoms with Crippen LogP contribution < -0.4 is 19.6 Å². The van der Waals surface area contributed by atoms with Gasteiger partial charge in [-0.1, -0.05) is 40.6 Å². The van der Waals surface area contributed by atoms with E-state index in [0.717, 1.165) is 21.3 Å². The summed E-state index contributed by atoms with van der Waals surface area (Å²) in [5, 5.41) is 2.01. The minimum absolute atomic E-state index is 0.194. The molecule has 0 saturated heterocycles. The Morgan fingerprint density at radius 3 is 2.74 bits per heavy atom. The van der Waals surface area contributed by atoms with Gasteiger partial charge in [-0.25, -0.2) is 9.79 Å². The Morgan fingerprint density at radius 1 is 1.29 bits per heavy atom. The van der Waals surface area contributed by atoms with Gasteiger partial charge in [0.05, 0.1) is 29.5 Å². The Hall–Kier alpha value is -2.49. The molecule has 9 heteroatoms. The van der Waals surface area contributed by atoms with Gasteiger partial charge in [0, 0.05) is 14.9 Å². The highest BCUT2D eigenvalue weighted by Gasteiger charge is 2.36. The Kier molecular flexibility index (Phi) is 7.54. The van der Waals surface area contributed by atoms with Crippen molar-refractivity contribution in [2.75, 3.05) is 13.7 Å². The average molecular weight is 562 g/mol. The molecule has 1 atom stereocenters. The molecule has 3 aromatic rings. The maximum absolute atomic E-state index is 13.8. The Bertz CT molecular complexity index is 1450. The number of halogens is 1. The lowest BCUT2D eigenvalue weighted by molar-refractivity contribution is -0.139. The summed E-state index contributed by atoms with van der Waals surface area (Å²) in [5.41, 5.74) is 2.64. The molecule has 3 heterocycles. The minimum atomic E-state index is -0.712. The summed E-state index contributed by atoms with van der Waals surface area (Å²) in [6, 6.07) is 6.90. The third-order valence-corrected chi connectivity index (χ3v) is 7.98. The van der Waals surface area contributed by atoms with Crippen LogP contribution in [0.1, 0.15) is 48.7 Å². The van der Waals surface area contributed by atoms with Crippen LogP contribution in [-0.4, -0.2) is 24.3 Å². The molecule has 0 saturated carbocycles. The Balaban J connectivity index is 2.07. The summed E-state index contributed by atoms with van der Waals surface area (Å²) in [6.07, 6.45) is 3.30. The van der Waals surface area contributed by atoms with Gasteiger partial charge in [0.15, 0.2) is 4.80 Å². The van der Waals surface area contributed by atoms with Crippen LogP contribution in [0.5, 0.6) is 5.75 Å². The zero-order chi connectivity index (χ0) is 24.4. The first-order chi connectivity index (χ1) is 16.4. The van der Waals surface area contributed by atoms with E-state index in [4.69, 9.17) is 14.5 Å². The number of carbonyl (C=O) groups is 1. The molecule has 0 aliphatic carbocycles. The normalized spacial score (nSPS) is 15.8. The number of allylic oxidation sites excluding steroid dienone is 1. The number of fused-ring (bicyclic) bond motifs is 1. The minimum Gasteiger partial charge on any atom is -0.496 e. The molecule has 0 N–H and O–H groups in total. The van der Waals surface area contributed by atoms with Crippen LogP contribution >= 0.6 is 38.6 Å². The van der Waals surface area contributed by atoms with Crippen molar-refractivity contribution in [1.29, 1.82) is 0 Å². The zero-order valence-electron chi connectivity index (χ0n) is 19.4. The summed E-state index contributed by atoms with van der Waals surface area (Å²) in [7, 11) is 1.58. The standard InChI is InChI=1S/C25H25BrN2O4S2/c1-5-7-17-21(24(30)32-6-2)22(16-12-15(26)8-9-18(16)31-4)28-23(29)20(34-25(28)27-17)13-19-14(3)10-11-33-19/h8-13,22H,5-7H2,1-4H3/b20-13+/t22-/m0/s1. The van der Waals surface area contributed by atoms with Crippen LogP contribution in [0, 0.1) is 6.92 Å². The van der Waals surface area contributed by atoms with E-state index >= 15 is 0 Å². The predicted molar refractivity (Wildman–Crippen MR) is 139 cm³/mol. The van der Waals surface area contributed by atoms with Gasteiger partial charge in [-0.2, -0.15) is 0 Å². The van der Waals surface area contributed by atoms with Gasteiger partial charge in [-0.3, -0.25) is 9.36 Å². The number of hydrogen-bond acceptors (Lipinski definition) is 7. The molecule has 0 unspecified atom stereocenters. The molecule has 6 nitrogen and oxygen atoms in total. The first-order valence-electron chi connectivity index (χ1n) is 11.0. The van der Waals surface area contributed by atoms with Gasteiger partial charge in [0.2, 0.25) is 0 Å². The fourth-order valence-corrected chi connectivity index (χ4v) is 6.30. The van der Waals surface area contributed by atoms with E-state index in [1.165, 1.54) is 11.3 Å². The number of carbonyl (C=O) groups excluding carboxylic acids is 1. The number of rotatable bonds is 7. The molecule has 0 amide bonds. The summed E-state index contributed by atoms with van der Waals surface area (Å²) in [5.74, 6) is 0.113. The van der Waals surface area contributed by atoms with E-state index in [1.54, 1.807) is 29.9 Å². The first-order valence-corrected chi connectivity index (χ1v) is 13.5. The summed E-state index contributed by atoms with van der Waals surface area (Å²) < 4.78 is 14.1. The molecule has 2 aromatic heterocycles. The van der Waals surface area contributed by atoms with Crippen molar-refractivity contribution in [3.8, 4) is 5.75 Å². The third kappa shape index (κ3) is 4.56. The molecule has 4 rings (SSSR count). The number of aryl methyl sites for hydroxylation is 1. The maximum atomic E-state index is 13.8. The highest BCUT2D eigenvalue weighted by molar-refractivity contribution is 9.10. The molecule has 0 radical (unpaired) electrons. The van der Waals surface area contributed by atoms with Crippen molar-refractivity contribution in [3.05, 3.63) is 81.1 Å². The van der Waals surface area contributed by atoms with Crippen LogP contribution in [-0.2, 0) is 9.53 Å². The van der Waals surface area contributed by atoms with Crippen molar-refractivity contribution < 1.29 is 14.3 Å². The fourth-order valence-electron chi connectivity index (χ4n) is 3.99. The first kappa shape index (κ1) is 24.6. The van der Waals surface area contributed by atoms with Crippen molar-refractivity contribution in [2.45, 2.75) is 39.7 Å². The molecule has 0 fully saturated rings. The molecule has 1 aliphatic rings. The lowest BCUT2D eigenvalue weighted by Crippen LogP contribution is -2.40. The van der Waals surface area contributed by atoms with Crippen LogP contribution in [0.2, 0.25) is 0 Å². The van der Waals surface area contributed by atoms with Gasteiger partial charge < -0.3 is 9.47 Å². The molecule has 1 aromatic carbocycles. The second-order valence-corrected chi connectivity index (χ2v) is 10.6. The number of benzene rings is 1. The second-order valence-electron chi connectivity index (χ2n) is 7.77. The van der Waals surface area contributed by atoms with Crippen LogP contribution in [0.4, 0.5) is 0 Å². The maximum Gasteiger partial charge on any atom is 0.338 e. The average Bonchev–Trinajstić information content (AvgIpc) is 3.35. The topological polar surface area (TPSA) is 69.9 Å². The third-order valence-electron chi connectivity index (χ3n) is 5.54. The highest BCUT2D eigenvalue weighted by atomic mass is 79.9. The van der Waals surface area contributed by atoms with Crippen molar-refractivity contribution in [3.63, 3.8) is 0 Å². The smallest absolute Gasteiger partial charge is 0.338 e. The van der Waals surface area contributed by atoms with Crippen molar-refractivity contribution in [2.24, 2.45) is 4.99 Å². The van der Waals surface area contributed by atoms with Gasteiger partial charge in [0.25, 0.3) is 5.56 Å². The number of methoxy groups -OCH3 is 1. The van der Waals surface area contributed by atoms with Crippen LogP contribution in [0.25, 0.3) is 6.08 Å². The lowest BCUT2D eigenvalue weighted by Gasteiger charge is -2.27. The zero-order valence-corrected chi connectivity index (χ0v) is 22.6. The number of aromatic nitrogens is 1. The number of ether oxygens (including phenoxy) is 2. The van der Waals surface area contributed by atoms with E-state index in [9.17, 15) is 9.59 Å². The Morgan fingerprint density at radius 2 is 2.09 bits per heavy atom. The highest BCUT2D eigenvalue weighted by Crippen LogP contribution is 2.38. The Labute approximate surface area is 214 Å². The SMILES string of the molecule is CCCC1=C(C(=O)OCC)[C@H](c2cc(Br)ccc2OC)n2c(s/c(=C/c3sccc3C)c2=O)=N1. The quantitative estimate of drug-likeness (QED) is 0.392. The number of thiazole rings is 1. The number of thiophene rings is 1. The van der Waals surface area contributed by atoms with Crippen molar-refractivity contribution >= 4 is 50.6 Å². The number of hydrogen-bond donors (Lipinski definition) is 0. The molecule has 1 aliphatic heterocycles. The number of nitrogens with zero attached hydrogens (tertiary/aromatic N) is 2. The van der Waals surface area contributed by atoms with E-state index in [-0.39, 0.29) is 12.2 Å². The summed E-state index contributed by atoms with van der Waals surface area (Å²) >= 11 is 6.46. The monoisotopic (exact) mass is 560 g/mol. The van der Waals surface area contributed by atoms with Crippen LogP contribution in [0.15, 0.2) is 55.2 Å².